The summed E-state index contributed by atoms with van der Waals surface area (Å²) in [6.45, 7) is 2.82. The Morgan fingerprint density at radius 1 is 1.69 bits per heavy atom. The Bertz CT molecular complexity index is 443. The van der Waals surface area contributed by atoms with Gasteiger partial charge in [-0.05, 0) is 25.3 Å². The highest BCUT2D eigenvalue weighted by molar-refractivity contribution is 5.89. The van der Waals surface area contributed by atoms with Crippen LogP contribution in [0.3, 0.4) is 0 Å². The van der Waals surface area contributed by atoms with Gasteiger partial charge in [0, 0.05) is 25.6 Å². The van der Waals surface area contributed by atoms with Crippen LogP contribution in [0.5, 0.6) is 0 Å². The molecule has 1 aromatic rings. The Morgan fingerprint density at radius 3 is 3.00 bits per heavy atom. The van der Waals surface area contributed by atoms with Gasteiger partial charge in [0.1, 0.15) is 5.41 Å². The molecule has 0 radical (unpaired) electrons. The van der Waals surface area contributed by atoms with Gasteiger partial charge in [0.15, 0.2) is 5.78 Å². The van der Waals surface area contributed by atoms with Crippen molar-refractivity contribution >= 4 is 5.78 Å². The Balaban J connectivity index is 2.19. The third kappa shape index (κ3) is 1.73. The highest BCUT2D eigenvalue weighted by Gasteiger charge is 2.42. The number of rotatable bonds is 3. The van der Waals surface area contributed by atoms with Crippen molar-refractivity contribution in [2.24, 2.45) is 5.41 Å². The Morgan fingerprint density at radius 2 is 2.50 bits per heavy atom. The molecule has 1 fully saturated rings. The van der Waals surface area contributed by atoms with E-state index < -0.39 is 5.41 Å². The minimum atomic E-state index is -0.776. The molecule has 0 bridgehead atoms. The van der Waals surface area contributed by atoms with Crippen LogP contribution in [0, 0.1) is 16.7 Å². The standard InChI is InChI=1S/C12H15N3O/c1-2-15-8-10(7-14-15)6-12(9-13)5-3-4-11(12)16/h7-8H,2-6H2,1H3. The van der Waals surface area contributed by atoms with Crippen molar-refractivity contribution in [3.05, 3.63) is 18.0 Å². The monoisotopic (exact) mass is 217 g/mol. The molecule has 1 unspecified atom stereocenters. The number of ketones is 1. The summed E-state index contributed by atoms with van der Waals surface area (Å²) in [6, 6.07) is 2.22. The van der Waals surface area contributed by atoms with E-state index in [2.05, 4.69) is 11.2 Å². The second-order valence-corrected chi connectivity index (χ2v) is 4.35. The minimum absolute atomic E-state index is 0.0965. The molecule has 0 spiro atoms. The van der Waals surface area contributed by atoms with Gasteiger partial charge in [-0.25, -0.2) is 0 Å². The summed E-state index contributed by atoms with van der Waals surface area (Å²) in [5, 5.41) is 13.4. The van der Waals surface area contributed by atoms with E-state index in [4.69, 9.17) is 0 Å². The number of Topliss-reactive ketones (excluding diaryl/α,β-unsaturated/α-hetero) is 1. The van der Waals surface area contributed by atoms with Crippen molar-refractivity contribution in [1.82, 2.24) is 9.78 Å². The number of hydrogen-bond donors (Lipinski definition) is 0. The average Bonchev–Trinajstić information content (AvgIpc) is 2.88. The molecule has 84 valence electrons. The summed E-state index contributed by atoms with van der Waals surface area (Å²) in [4.78, 5) is 11.8. The molecule has 0 N–H and O–H groups in total. The van der Waals surface area contributed by atoms with Gasteiger partial charge < -0.3 is 0 Å². The Kier molecular flexibility index (Phi) is 2.78. The fourth-order valence-electron chi connectivity index (χ4n) is 2.29. The number of aryl methyl sites for hydroxylation is 1. The SMILES string of the molecule is CCn1cc(CC2(C#N)CCCC2=O)cn1. The highest BCUT2D eigenvalue weighted by Crippen LogP contribution is 2.37. The van der Waals surface area contributed by atoms with Crippen molar-refractivity contribution < 1.29 is 4.79 Å². The zero-order valence-corrected chi connectivity index (χ0v) is 9.44. The second-order valence-electron chi connectivity index (χ2n) is 4.35. The second kappa shape index (κ2) is 4.09. The van der Waals surface area contributed by atoms with Crippen LogP contribution in [0.4, 0.5) is 0 Å². The van der Waals surface area contributed by atoms with Gasteiger partial charge in [-0.1, -0.05) is 0 Å². The van der Waals surface area contributed by atoms with Gasteiger partial charge in [0.2, 0.25) is 0 Å². The van der Waals surface area contributed by atoms with Crippen LogP contribution in [0.25, 0.3) is 0 Å². The predicted molar refractivity (Wildman–Crippen MR) is 58.5 cm³/mol. The van der Waals surface area contributed by atoms with E-state index in [1.807, 2.05) is 17.8 Å². The third-order valence-corrected chi connectivity index (χ3v) is 3.27. The first-order valence-corrected chi connectivity index (χ1v) is 5.66. The summed E-state index contributed by atoms with van der Waals surface area (Å²) in [5.41, 5.74) is 0.209. The summed E-state index contributed by atoms with van der Waals surface area (Å²) in [5.74, 6) is 0.0965. The number of carbonyl (C=O) groups excluding carboxylic acids is 1. The Hall–Kier alpha value is -1.63. The molecule has 1 aliphatic carbocycles. The van der Waals surface area contributed by atoms with E-state index in [1.165, 1.54) is 0 Å². The normalized spacial score (nSPS) is 24.6. The number of hydrogen-bond acceptors (Lipinski definition) is 3. The fraction of sp³-hybridized carbons (Fsp3) is 0.583. The molecule has 1 heterocycles. The molecule has 1 atom stereocenters. The molecule has 1 aliphatic rings. The molecule has 2 rings (SSSR count). The number of carbonyl (C=O) groups is 1. The maximum atomic E-state index is 11.8. The third-order valence-electron chi connectivity index (χ3n) is 3.27. The summed E-state index contributed by atoms with van der Waals surface area (Å²) < 4.78 is 1.82. The van der Waals surface area contributed by atoms with Gasteiger partial charge in [-0.3, -0.25) is 9.48 Å². The summed E-state index contributed by atoms with van der Waals surface area (Å²) in [6.07, 6.45) is 6.28. The first-order chi connectivity index (χ1) is 7.70. The Labute approximate surface area is 94.9 Å². The van der Waals surface area contributed by atoms with Crippen molar-refractivity contribution in [3.8, 4) is 6.07 Å². The topological polar surface area (TPSA) is 58.7 Å². The molecule has 0 saturated heterocycles. The quantitative estimate of drug-likeness (QED) is 0.774. The van der Waals surface area contributed by atoms with E-state index in [-0.39, 0.29) is 5.78 Å². The van der Waals surface area contributed by atoms with E-state index in [9.17, 15) is 10.1 Å². The first kappa shape index (κ1) is 10.9. The number of nitriles is 1. The van der Waals surface area contributed by atoms with Gasteiger partial charge in [0.25, 0.3) is 0 Å². The van der Waals surface area contributed by atoms with Gasteiger partial charge in [0.05, 0.1) is 12.3 Å². The van der Waals surface area contributed by atoms with Crippen molar-refractivity contribution in [3.63, 3.8) is 0 Å². The molecular formula is C12H15N3O. The fourth-order valence-corrected chi connectivity index (χ4v) is 2.29. The maximum absolute atomic E-state index is 11.8. The molecule has 4 heteroatoms. The van der Waals surface area contributed by atoms with Crippen LogP contribution >= 0.6 is 0 Å². The lowest BCUT2D eigenvalue weighted by molar-refractivity contribution is -0.123. The average molecular weight is 217 g/mol. The largest absolute Gasteiger partial charge is 0.298 e. The van der Waals surface area contributed by atoms with Crippen LogP contribution in [0.1, 0.15) is 31.7 Å². The van der Waals surface area contributed by atoms with Gasteiger partial charge in [-0.2, -0.15) is 10.4 Å². The molecule has 4 nitrogen and oxygen atoms in total. The summed E-state index contributed by atoms with van der Waals surface area (Å²) >= 11 is 0. The molecule has 0 amide bonds. The van der Waals surface area contributed by atoms with Crippen LogP contribution in [0.15, 0.2) is 12.4 Å². The first-order valence-electron chi connectivity index (χ1n) is 5.66. The molecule has 16 heavy (non-hydrogen) atoms. The van der Waals surface area contributed by atoms with Crippen LogP contribution < -0.4 is 0 Å². The molecule has 0 aromatic carbocycles. The summed E-state index contributed by atoms with van der Waals surface area (Å²) in [7, 11) is 0. The van der Waals surface area contributed by atoms with Crippen LogP contribution in [-0.2, 0) is 17.8 Å². The highest BCUT2D eigenvalue weighted by atomic mass is 16.1. The maximum Gasteiger partial charge on any atom is 0.153 e. The smallest absolute Gasteiger partial charge is 0.153 e. The van der Waals surface area contributed by atoms with Crippen molar-refractivity contribution in [2.75, 3.05) is 0 Å². The van der Waals surface area contributed by atoms with Gasteiger partial charge in [-0.15, -0.1) is 0 Å². The van der Waals surface area contributed by atoms with E-state index >= 15 is 0 Å². The number of nitrogens with zero attached hydrogens (tertiary/aromatic N) is 3. The van der Waals surface area contributed by atoms with Crippen molar-refractivity contribution in [1.29, 1.82) is 5.26 Å². The minimum Gasteiger partial charge on any atom is -0.298 e. The molecule has 0 aliphatic heterocycles. The van der Waals surface area contributed by atoms with E-state index in [1.54, 1.807) is 6.20 Å². The van der Waals surface area contributed by atoms with Crippen LogP contribution in [0.2, 0.25) is 0 Å². The molecule has 1 saturated carbocycles. The van der Waals surface area contributed by atoms with E-state index in [0.717, 1.165) is 18.5 Å². The number of aromatic nitrogens is 2. The predicted octanol–water partition coefficient (Wildman–Crippen LogP) is 1.71. The molecule has 1 aromatic heterocycles. The molecular weight excluding hydrogens is 202 g/mol. The lowest BCUT2D eigenvalue weighted by atomic mass is 9.81. The van der Waals surface area contributed by atoms with Crippen LogP contribution in [-0.4, -0.2) is 15.6 Å². The zero-order valence-electron chi connectivity index (χ0n) is 9.44. The van der Waals surface area contributed by atoms with Gasteiger partial charge >= 0.3 is 0 Å². The lowest BCUT2D eigenvalue weighted by Crippen LogP contribution is -2.26. The zero-order chi connectivity index (χ0) is 11.6. The lowest BCUT2D eigenvalue weighted by Gasteiger charge is -2.16. The van der Waals surface area contributed by atoms with Crippen molar-refractivity contribution in [2.45, 2.75) is 39.2 Å². The van der Waals surface area contributed by atoms with E-state index in [0.29, 0.717) is 19.3 Å².